The topological polar surface area (TPSA) is 97.0 Å². The number of hydrogen-bond donors (Lipinski definition) is 3. The number of carbonyl (C=O) groups is 3. The van der Waals surface area contributed by atoms with E-state index >= 15 is 0 Å². The first kappa shape index (κ1) is 28.5. The summed E-state index contributed by atoms with van der Waals surface area (Å²) in [7, 11) is 2.87. The van der Waals surface area contributed by atoms with Crippen LogP contribution in [0.5, 0.6) is 11.5 Å². The Balaban J connectivity index is 1.67. The van der Waals surface area contributed by atoms with E-state index in [9.17, 15) is 18.8 Å². The van der Waals surface area contributed by atoms with Gasteiger partial charge in [-0.1, -0.05) is 66.9 Å². The first-order valence-corrected chi connectivity index (χ1v) is 12.5. The van der Waals surface area contributed by atoms with Crippen molar-refractivity contribution < 1.29 is 28.2 Å². The van der Waals surface area contributed by atoms with Crippen LogP contribution >= 0.6 is 24.4 Å². The Morgan fingerprint density at radius 3 is 2.15 bits per heavy atom. The third kappa shape index (κ3) is 6.19. The minimum Gasteiger partial charge on any atom is -0.495 e. The standard InChI is InChI=1S/C29H23ClFN3O5S/c1-38-25-16-26(39-2)24(15-21(25)30)33-29(37)34(40)18-12-13-23(32-28(36)19-10-6-7-11-22(19)31)20(14-18)27(35)17-8-4-3-5-9-17/h3-16,40H,1-2H3,(H,32,36)(H,33,37). The van der Waals surface area contributed by atoms with Crippen molar-refractivity contribution in [2.45, 2.75) is 0 Å². The third-order valence-corrected chi connectivity index (χ3v) is 6.51. The summed E-state index contributed by atoms with van der Waals surface area (Å²) in [6, 6.07) is 20.5. The lowest BCUT2D eigenvalue weighted by atomic mass is 10.0. The number of urea groups is 1. The number of ketones is 1. The second-order valence-corrected chi connectivity index (χ2v) is 9.10. The molecule has 0 saturated heterocycles. The number of nitrogens with one attached hydrogen (secondary N) is 2. The maximum atomic E-state index is 14.2. The fourth-order valence-electron chi connectivity index (χ4n) is 3.78. The van der Waals surface area contributed by atoms with Gasteiger partial charge in [0.2, 0.25) is 0 Å². The molecule has 0 radical (unpaired) electrons. The van der Waals surface area contributed by atoms with E-state index < -0.39 is 23.5 Å². The first-order chi connectivity index (χ1) is 19.2. The van der Waals surface area contributed by atoms with Gasteiger partial charge in [0.15, 0.2) is 5.78 Å². The predicted molar refractivity (Wildman–Crippen MR) is 156 cm³/mol. The van der Waals surface area contributed by atoms with Crippen LogP contribution in [0.3, 0.4) is 0 Å². The molecule has 40 heavy (non-hydrogen) atoms. The molecule has 204 valence electrons. The number of ether oxygens (including phenoxy) is 2. The number of thiol groups is 1. The summed E-state index contributed by atoms with van der Waals surface area (Å²) in [6.07, 6.45) is 0. The Morgan fingerprint density at radius 1 is 0.800 bits per heavy atom. The molecular formula is C29H23ClFN3O5S. The van der Waals surface area contributed by atoms with Gasteiger partial charge in [-0.15, -0.1) is 0 Å². The number of methoxy groups -OCH3 is 2. The minimum absolute atomic E-state index is 0.0605. The zero-order chi connectivity index (χ0) is 28.8. The number of rotatable bonds is 8. The van der Waals surface area contributed by atoms with Gasteiger partial charge < -0.3 is 20.1 Å². The molecule has 0 aromatic heterocycles. The van der Waals surface area contributed by atoms with E-state index in [0.717, 1.165) is 10.4 Å². The molecule has 0 heterocycles. The zero-order valence-electron chi connectivity index (χ0n) is 21.3. The number of nitrogens with zero attached hydrogens (tertiary/aromatic N) is 1. The highest BCUT2D eigenvalue weighted by Gasteiger charge is 2.22. The van der Waals surface area contributed by atoms with Crippen LogP contribution in [0.2, 0.25) is 5.02 Å². The molecule has 0 spiro atoms. The molecule has 0 aliphatic carbocycles. The van der Waals surface area contributed by atoms with E-state index in [1.54, 1.807) is 30.3 Å². The smallest absolute Gasteiger partial charge is 0.336 e. The molecule has 8 nitrogen and oxygen atoms in total. The van der Waals surface area contributed by atoms with E-state index in [0.29, 0.717) is 17.1 Å². The summed E-state index contributed by atoms with van der Waals surface area (Å²) in [5, 5.41) is 5.50. The molecule has 11 heteroatoms. The second kappa shape index (κ2) is 12.5. The van der Waals surface area contributed by atoms with Crippen LogP contribution in [-0.4, -0.2) is 31.9 Å². The van der Waals surface area contributed by atoms with Crippen LogP contribution in [0.1, 0.15) is 26.3 Å². The van der Waals surface area contributed by atoms with E-state index in [-0.39, 0.29) is 33.2 Å². The van der Waals surface area contributed by atoms with Crippen molar-refractivity contribution in [3.8, 4) is 11.5 Å². The number of benzene rings is 4. The van der Waals surface area contributed by atoms with Gasteiger partial charge in [-0.25, -0.2) is 13.5 Å². The summed E-state index contributed by atoms with van der Waals surface area (Å²) in [5.41, 5.74) is 0.803. The quantitative estimate of drug-likeness (QED) is 0.156. The molecule has 0 fully saturated rings. The van der Waals surface area contributed by atoms with E-state index in [1.807, 2.05) is 0 Å². The van der Waals surface area contributed by atoms with Gasteiger partial charge in [0.1, 0.15) is 17.3 Å². The Morgan fingerprint density at radius 2 is 1.48 bits per heavy atom. The van der Waals surface area contributed by atoms with Crippen LogP contribution in [0, 0.1) is 5.82 Å². The van der Waals surface area contributed by atoms with E-state index in [2.05, 4.69) is 23.4 Å². The number of anilines is 3. The van der Waals surface area contributed by atoms with Crippen LogP contribution in [0.15, 0.2) is 84.9 Å². The highest BCUT2D eigenvalue weighted by atomic mass is 35.5. The summed E-state index contributed by atoms with van der Waals surface area (Å²) in [5.74, 6) is -1.23. The number of amides is 3. The average molecular weight is 580 g/mol. The maximum absolute atomic E-state index is 14.2. The van der Waals surface area contributed by atoms with Gasteiger partial charge in [0, 0.05) is 17.2 Å². The molecule has 0 aliphatic heterocycles. The largest absolute Gasteiger partial charge is 0.495 e. The van der Waals surface area contributed by atoms with Crippen molar-refractivity contribution >= 4 is 59.2 Å². The summed E-state index contributed by atoms with van der Waals surface area (Å²) in [6.45, 7) is 0. The molecule has 0 unspecified atom stereocenters. The van der Waals surface area contributed by atoms with Crippen molar-refractivity contribution in [3.63, 3.8) is 0 Å². The molecule has 2 N–H and O–H groups in total. The molecule has 0 aliphatic rings. The molecule has 3 amide bonds. The number of halogens is 2. The normalized spacial score (nSPS) is 10.4. The third-order valence-electron chi connectivity index (χ3n) is 5.80. The van der Waals surface area contributed by atoms with Crippen LogP contribution < -0.4 is 24.4 Å². The lowest BCUT2D eigenvalue weighted by molar-refractivity contribution is 0.102. The van der Waals surface area contributed by atoms with Crippen molar-refractivity contribution in [3.05, 3.63) is 112 Å². The monoisotopic (exact) mass is 579 g/mol. The summed E-state index contributed by atoms with van der Waals surface area (Å²) >= 11 is 10.5. The van der Waals surface area contributed by atoms with Gasteiger partial charge in [0.25, 0.3) is 5.91 Å². The fourth-order valence-corrected chi connectivity index (χ4v) is 4.20. The number of carbonyl (C=O) groups excluding carboxylic acids is 3. The maximum Gasteiger partial charge on any atom is 0.336 e. The summed E-state index contributed by atoms with van der Waals surface area (Å²) < 4.78 is 25.7. The minimum atomic E-state index is -0.739. The molecule has 0 saturated carbocycles. The Bertz CT molecular complexity index is 1590. The van der Waals surface area contributed by atoms with Gasteiger partial charge in [0.05, 0.1) is 41.9 Å². The lowest BCUT2D eigenvalue weighted by Gasteiger charge is -2.20. The first-order valence-electron chi connectivity index (χ1n) is 11.7. The Kier molecular flexibility index (Phi) is 8.93. The van der Waals surface area contributed by atoms with Crippen molar-refractivity contribution in [1.82, 2.24) is 0 Å². The summed E-state index contributed by atoms with van der Waals surface area (Å²) in [4.78, 5) is 39.4. The van der Waals surface area contributed by atoms with E-state index in [4.69, 9.17) is 21.1 Å². The lowest BCUT2D eigenvalue weighted by Crippen LogP contribution is -2.27. The molecule has 4 aromatic rings. The molecule has 0 bridgehead atoms. The van der Waals surface area contributed by atoms with Crippen LogP contribution in [0.4, 0.5) is 26.2 Å². The van der Waals surface area contributed by atoms with Gasteiger partial charge in [-0.2, -0.15) is 0 Å². The van der Waals surface area contributed by atoms with Gasteiger partial charge >= 0.3 is 6.03 Å². The van der Waals surface area contributed by atoms with Crippen LogP contribution in [0.25, 0.3) is 0 Å². The highest BCUT2D eigenvalue weighted by molar-refractivity contribution is 7.82. The predicted octanol–water partition coefficient (Wildman–Crippen LogP) is 6.86. The Labute approximate surface area is 240 Å². The Hall–Kier alpha value is -4.54. The van der Waals surface area contributed by atoms with Crippen molar-refractivity contribution in [1.29, 1.82) is 0 Å². The van der Waals surface area contributed by atoms with Crippen LogP contribution in [-0.2, 0) is 0 Å². The zero-order valence-corrected chi connectivity index (χ0v) is 22.9. The van der Waals surface area contributed by atoms with Crippen molar-refractivity contribution in [2.24, 2.45) is 0 Å². The second-order valence-electron chi connectivity index (χ2n) is 8.29. The molecule has 4 aromatic carbocycles. The van der Waals surface area contributed by atoms with E-state index in [1.165, 1.54) is 62.8 Å². The SMILES string of the molecule is COc1cc(OC)c(NC(=O)N(S)c2ccc(NC(=O)c3ccccc3F)c(C(=O)c3ccccc3)c2)cc1Cl. The fraction of sp³-hybridized carbons (Fsp3) is 0.0690. The number of hydrogen-bond acceptors (Lipinski definition) is 6. The molecule has 4 rings (SSSR count). The average Bonchev–Trinajstić information content (AvgIpc) is 2.97. The molecule has 0 atom stereocenters. The van der Waals surface area contributed by atoms with Crippen molar-refractivity contribution in [2.75, 3.05) is 29.2 Å². The van der Waals surface area contributed by atoms with Gasteiger partial charge in [-0.3, -0.25) is 9.59 Å². The van der Waals surface area contributed by atoms with Gasteiger partial charge in [-0.05, 0) is 36.4 Å². The molecular weight excluding hydrogens is 557 g/mol. The highest BCUT2D eigenvalue weighted by Crippen LogP contribution is 2.36.